The second-order valence-corrected chi connectivity index (χ2v) is 5.26. The molecule has 0 heterocycles. The summed E-state index contributed by atoms with van der Waals surface area (Å²) in [6.07, 6.45) is 0. The van der Waals surface area contributed by atoms with Crippen molar-refractivity contribution >= 4 is 33.4 Å². The molecular weight excluding hydrogens is 323 g/mol. The summed E-state index contributed by atoms with van der Waals surface area (Å²) in [5.41, 5.74) is -3.78. The maximum absolute atomic E-state index is 12.0. The zero-order valence-corrected chi connectivity index (χ0v) is 10.7. The van der Waals surface area contributed by atoms with Crippen molar-refractivity contribution in [2.45, 2.75) is 10.3 Å². The van der Waals surface area contributed by atoms with Crippen LogP contribution in [0.5, 0.6) is 0 Å². The van der Waals surface area contributed by atoms with E-state index in [-0.39, 0.29) is 23.2 Å². The minimum atomic E-state index is -4.27. The number of nitro groups is 1. The van der Waals surface area contributed by atoms with Crippen molar-refractivity contribution in [2.75, 3.05) is 5.75 Å². The van der Waals surface area contributed by atoms with E-state index in [1.807, 2.05) is 0 Å². The summed E-state index contributed by atoms with van der Waals surface area (Å²) < 4.78 is 35.9. The summed E-state index contributed by atoms with van der Waals surface area (Å²) in [5, 5.41) is 10.4. The molecule has 0 spiro atoms. The van der Waals surface area contributed by atoms with E-state index >= 15 is 0 Å². The van der Waals surface area contributed by atoms with Gasteiger partial charge in [-0.25, -0.2) is 0 Å². The molecule has 17 heavy (non-hydrogen) atoms. The van der Waals surface area contributed by atoms with Crippen LogP contribution in [-0.2, 0) is 0 Å². The molecule has 1 unspecified atom stereocenters. The van der Waals surface area contributed by atoms with Crippen molar-refractivity contribution in [1.82, 2.24) is 0 Å². The molecule has 1 rings (SSSR count). The number of halogens is 4. The molecule has 0 aliphatic rings. The van der Waals surface area contributed by atoms with E-state index in [0.29, 0.717) is 5.56 Å². The lowest BCUT2D eigenvalue weighted by Gasteiger charge is -2.11. The number of nitro benzene ring substituents is 1. The first kappa shape index (κ1) is 14.3. The second-order valence-electron chi connectivity index (χ2n) is 3.07. The minimum Gasteiger partial charge on any atom is -0.258 e. The van der Waals surface area contributed by atoms with Gasteiger partial charge in [-0.1, -0.05) is 28.1 Å². The lowest BCUT2D eigenvalue weighted by atomic mass is 10.1. The summed E-state index contributed by atoms with van der Waals surface area (Å²) in [6, 6.07) is 5.41. The average Bonchev–Trinajstić information content (AvgIpc) is 2.25. The third-order valence-electron chi connectivity index (χ3n) is 1.86. The van der Waals surface area contributed by atoms with Gasteiger partial charge in [0.2, 0.25) is 0 Å². The van der Waals surface area contributed by atoms with Crippen LogP contribution in [0.15, 0.2) is 24.3 Å². The maximum Gasteiger partial charge on any atom is 0.441 e. The van der Waals surface area contributed by atoms with Crippen LogP contribution in [0.1, 0.15) is 10.4 Å². The molecule has 0 amide bonds. The van der Waals surface area contributed by atoms with Crippen molar-refractivity contribution in [3.63, 3.8) is 0 Å². The quantitative estimate of drug-likeness (QED) is 0.470. The molecule has 94 valence electrons. The number of thioether (sulfide) groups is 1. The number of benzene rings is 1. The largest absolute Gasteiger partial charge is 0.441 e. The number of hydrogen-bond acceptors (Lipinski definition) is 3. The van der Waals surface area contributed by atoms with Gasteiger partial charge in [0.15, 0.2) is 0 Å². The van der Waals surface area contributed by atoms with Crippen LogP contribution >= 0.6 is 27.7 Å². The van der Waals surface area contributed by atoms with Gasteiger partial charge in [0.05, 0.1) is 4.92 Å². The molecule has 0 saturated carbocycles. The van der Waals surface area contributed by atoms with E-state index in [1.165, 1.54) is 24.3 Å². The molecule has 0 radical (unpaired) electrons. The molecule has 0 aliphatic heterocycles. The monoisotopic (exact) mass is 329 g/mol. The summed E-state index contributed by atoms with van der Waals surface area (Å²) >= 11 is 2.98. The molecule has 0 aliphatic carbocycles. The number of nitrogens with zero attached hydrogens (tertiary/aromatic N) is 1. The van der Waals surface area contributed by atoms with Crippen molar-refractivity contribution in [3.8, 4) is 0 Å². The van der Waals surface area contributed by atoms with Gasteiger partial charge in [-0.15, -0.1) is 0 Å². The fraction of sp³-hybridized carbons (Fsp3) is 0.333. The van der Waals surface area contributed by atoms with Gasteiger partial charge in [0.25, 0.3) is 5.69 Å². The lowest BCUT2D eigenvalue weighted by Crippen LogP contribution is -2.04. The van der Waals surface area contributed by atoms with E-state index in [2.05, 4.69) is 15.9 Å². The van der Waals surface area contributed by atoms with Gasteiger partial charge >= 0.3 is 5.51 Å². The molecule has 1 aromatic rings. The molecule has 1 aromatic carbocycles. The molecule has 0 fully saturated rings. The zero-order valence-electron chi connectivity index (χ0n) is 8.28. The summed E-state index contributed by atoms with van der Waals surface area (Å²) in [4.78, 5) is 9.33. The minimum absolute atomic E-state index is 0.0862. The van der Waals surface area contributed by atoms with Crippen LogP contribution in [-0.4, -0.2) is 16.2 Å². The highest BCUT2D eigenvalue weighted by molar-refractivity contribution is 9.09. The van der Waals surface area contributed by atoms with E-state index in [9.17, 15) is 23.3 Å². The zero-order chi connectivity index (χ0) is 13.1. The Labute approximate surface area is 108 Å². The lowest BCUT2D eigenvalue weighted by molar-refractivity contribution is -0.384. The Morgan fingerprint density at radius 1 is 1.35 bits per heavy atom. The van der Waals surface area contributed by atoms with Crippen LogP contribution in [0.4, 0.5) is 18.9 Å². The third-order valence-corrected chi connectivity index (χ3v) is 3.97. The molecule has 3 nitrogen and oxygen atoms in total. The van der Waals surface area contributed by atoms with E-state index in [4.69, 9.17) is 0 Å². The summed E-state index contributed by atoms with van der Waals surface area (Å²) in [5.74, 6) is -0.179. The second kappa shape index (κ2) is 5.72. The highest BCUT2D eigenvalue weighted by Crippen LogP contribution is 2.36. The topological polar surface area (TPSA) is 43.1 Å². The number of rotatable bonds is 4. The molecule has 0 N–H and O–H groups in total. The fourth-order valence-corrected chi connectivity index (χ4v) is 2.30. The molecule has 0 bridgehead atoms. The Bertz CT molecular complexity index is 396. The average molecular weight is 330 g/mol. The Hall–Kier alpha value is -0.760. The Morgan fingerprint density at radius 3 is 2.29 bits per heavy atom. The van der Waals surface area contributed by atoms with Gasteiger partial charge in [-0.2, -0.15) is 13.2 Å². The number of alkyl halides is 4. The fourth-order valence-electron chi connectivity index (χ4n) is 1.07. The molecule has 0 aromatic heterocycles. The predicted molar refractivity (Wildman–Crippen MR) is 63.3 cm³/mol. The van der Waals surface area contributed by atoms with Crippen LogP contribution in [0.3, 0.4) is 0 Å². The maximum atomic E-state index is 12.0. The van der Waals surface area contributed by atoms with Crippen molar-refractivity contribution in [2.24, 2.45) is 0 Å². The van der Waals surface area contributed by atoms with E-state index in [1.54, 1.807) is 0 Å². The van der Waals surface area contributed by atoms with E-state index < -0.39 is 15.3 Å². The van der Waals surface area contributed by atoms with E-state index in [0.717, 1.165) is 0 Å². The van der Waals surface area contributed by atoms with Gasteiger partial charge in [-0.3, -0.25) is 10.1 Å². The van der Waals surface area contributed by atoms with Crippen molar-refractivity contribution in [3.05, 3.63) is 39.9 Å². The van der Waals surface area contributed by atoms with Crippen LogP contribution < -0.4 is 0 Å². The Morgan fingerprint density at radius 2 is 1.88 bits per heavy atom. The van der Waals surface area contributed by atoms with Gasteiger partial charge in [0, 0.05) is 22.7 Å². The molecule has 1 atom stereocenters. The first-order valence-electron chi connectivity index (χ1n) is 4.39. The predicted octanol–water partition coefficient (Wildman–Crippen LogP) is 4.28. The van der Waals surface area contributed by atoms with Gasteiger partial charge in [-0.05, 0) is 17.3 Å². The normalized spacial score (nSPS) is 13.4. The first-order chi connectivity index (χ1) is 7.79. The highest BCUT2D eigenvalue weighted by atomic mass is 79.9. The standard InChI is InChI=1S/C9H7BrF3NO2S/c10-8(5-17-9(11,12)13)6-1-3-7(4-2-6)14(15)16/h1-4,8H,5H2. The molecule has 8 heteroatoms. The van der Waals surface area contributed by atoms with Crippen LogP contribution in [0, 0.1) is 10.1 Å². The first-order valence-corrected chi connectivity index (χ1v) is 6.29. The third kappa shape index (κ3) is 4.95. The van der Waals surface area contributed by atoms with Crippen molar-refractivity contribution < 1.29 is 18.1 Å². The molecular formula is C9H7BrF3NO2S. The highest BCUT2D eigenvalue weighted by Gasteiger charge is 2.29. The van der Waals surface area contributed by atoms with Gasteiger partial charge in [0.1, 0.15) is 0 Å². The number of non-ortho nitro benzene ring substituents is 1. The number of hydrogen-bond donors (Lipinski definition) is 0. The summed E-state index contributed by atoms with van der Waals surface area (Å²) in [6.45, 7) is 0. The molecule has 0 saturated heterocycles. The van der Waals surface area contributed by atoms with Gasteiger partial charge < -0.3 is 0 Å². The Kier molecular flexibility index (Phi) is 4.81. The Balaban J connectivity index is 2.63. The van der Waals surface area contributed by atoms with Crippen molar-refractivity contribution in [1.29, 1.82) is 0 Å². The van der Waals surface area contributed by atoms with Crippen LogP contribution in [0.2, 0.25) is 0 Å². The smallest absolute Gasteiger partial charge is 0.258 e. The van der Waals surface area contributed by atoms with Crippen LogP contribution in [0.25, 0.3) is 0 Å². The SMILES string of the molecule is O=[N+]([O-])c1ccc(C(Br)CSC(F)(F)F)cc1. The summed E-state index contributed by atoms with van der Waals surface area (Å²) in [7, 11) is 0.